The van der Waals surface area contributed by atoms with E-state index in [1.165, 1.54) is 11.6 Å². The molecule has 3 heteroatoms. The number of hydrogen-bond donors (Lipinski definition) is 1. The summed E-state index contributed by atoms with van der Waals surface area (Å²) in [5, 5.41) is 3.26. The average Bonchev–Trinajstić information content (AvgIpc) is 2.45. The van der Waals surface area contributed by atoms with E-state index in [2.05, 4.69) is 18.3 Å². The van der Waals surface area contributed by atoms with Gasteiger partial charge in [-0.2, -0.15) is 0 Å². The second-order valence-corrected chi connectivity index (χ2v) is 5.25. The van der Waals surface area contributed by atoms with Crippen molar-refractivity contribution in [2.24, 2.45) is 0 Å². The maximum absolute atomic E-state index is 13.6. The van der Waals surface area contributed by atoms with Crippen molar-refractivity contribution in [1.29, 1.82) is 0 Å². The fourth-order valence-corrected chi connectivity index (χ4v) is 2.18. The molecule has 0 aromatic heterocycles. The molecule has 0 radical (unpaired) electrons. The summed E-state index contributed by atoms with van der Waals surface area (Å²) < 4.78 is 19.3. The Balaban J connectivity index is 1.99. The zero-order chi connectivity index (χ0) is 15.1. The van der Waals surface area contributed by atoms with Crippen molar-refractivity contribution in [3.63, 3.8) is 0 Å². The monoisotopic (exact) mass is 287 g/mol. The Bertz CT molecular complexity index is 583. The molecule has 0 aliphatic heterocycles. The van der Waals surface area contributed by atoms with E-state index in [1.54, 1.807) is 6.07 Å². The summed E-state index contributed by atoms with van der Waals surface area (Å²) in [7, 11) is 0. The Labute approximate surface area is 126 Å². The lowest BCUT2D eigenvalue weighted by Crippen LogP contribution is -2.14. The second kappa shape index (κ2) is 7.79. The third-order valence-corrected chi connectivity index (χ3v) is 3.17. The van der Waals surface area contributed by atoms with Crippen LogP contribution in [-0.4, -0.2) is 6.54 Å². The lowest BCUT2D eigenvalue weighted by atomic mass is 10.1. The highest BCUT2D eigenvalue weighted by molar-refractivity contribution is 5.30. The Morgan fingerprint density at radius 1 is 1.10 bits per heavy atom. The highest BCUT2D eigenvalue weighted by Gasteiger charge is 2.03. The minimum atomic E-state index is -0.259. The standard InChI is InChI=1S/C18H22FNO/c1-3-7-20-12-16-9-17(19)11-18(10-16)21-13-15-6-4-5-14(2)8-15/h4-6,8-11,20H,3,7,12-13H2,1-2H3. The second-order valence-electron chi connectivity index (χ2n) is 5.25. The molecule has 0 bridgehead atoms. The summed E-state index contributed by atoms with van der Waals surface area (Å²) in [6.45, 7) is 6.19. The summed E-state index contributed by atoms with van der Waals surface area (Å²) in [6, 6.07) is 13.0. The molecule has 0 aliphatic rings. The van der Waals surface area contributed by atoms with Gasteiger partial charge in [0.2, 0.25) is 0 Å². The highest BCUT2D eigenvalue weighted by Crippen LogP contribution is 2.18. The molecule has 0 atom stereocenters. The first-order chi connectivity index (χ1) is 10.2. The lowest BCUT2D eigenvalue weighted by Gasteiger charge is -2.10. The Hall–Kier alpha value is -1.87. The van der Waals surface area contributed by atoms with Crippen LogP contribution in [-0.2, 0) is 13.2 Å². The van der Waals surface area contributed by atoms with Gasteiger partial charge in [0.1, 0.15) is 18.2 Å². The predicted molar refractivity (Wildman–Crippen MR) is 83.9 cm³/mol. The number of nitrogens with one attached hydrogen (secondary N) is 1. The Morgan fingerprint density at radius 3 is 2.71 bits per heavy atom. The molecule has 2 rings (SSSR count). The molecule has 0 heterocycles. The van der Waals surface area contributed by atoms with Crippen molar-refractivity contribution in [1.82, 2.24) is 5.32 Å². The van der Waals surface area contributed by atoms with Crippen molar-refractivity contribution in [3.05, 3.63) is 65.0 Å². The van der Waals surface area contributed by atoms with Gasteiger partial charge >= 0.3 is 0 Å². The quantitative estimate of drug-likeness (QED) is 0.770. The zero-order valence-electron chi connectivity index (χ0n) is 12.7. The van der Waals surface area contributed by atoms with Crippen molar-refractivity contribution in [2.75, 3.05) is 6.54 Å². The van der Waals surface area contributed by atoms with Crippen LogP contribution < -0.4 is 10.1 Å². The van der Waals surface area contributed by atoms with Crippen LogP contribution in [0.1, 0.15) is 30.0 Å². The predicted octanol–water partition coefficient (Wildman–Crippen LogP) is 4.21. The van der Waals surface area contributed by atoms with Gasteiger partial charge in [-0.3, -0.25) is 0 Å². The molecule has 0 fully saturated rings. The minimum absolute atomic E-state index is 0.259. The molecule has 0 spiro atoms. The van der Waals surface area contributed by atoms with Gasteiger partial charge in [-0.25, -0.2) is 4.39 Å². The molecule has 0 unspecified atom stereocenters. The summed E-state index contributed by atoms with van der Waals surface area (Å²) in [6.07, 6.45) is 1.06. The molecule has 2 aromatic carbocycles. The minimum Gasteiger partial charge on any atom is -0.489 e. The van der Waals surface area contributed by atoms with Crippen LogP contribution in [0.2, 0.25) is 0 Å². The summed E-state index contributed by atoms with van der Waals surface area (Å²) in [4.78, 5) is 0. The van der Waals surface area contributed by atoms with Gasteiger partial charge < -0.3 is 10.1 Å². The first kappa shape index (κ1) is 15.5. The number of rotatable bonds is 7. The molecular weight excluding hydrogens is 265 g/mol. The van der Waals surface area contributed by atoms with E-state index in [1.807, 2.05) is 31.2 Å². The third kappa shape index (κ3) is 5.20. The number of benzene rings is 2. The van der Waals surface area contributed by atoms with E-state index in [9.17, 15) is 4.39 Å². The van der Waals surface area contributed by atoms with Crippen LogP contribution in [0.25, 0.3) is 0 Å². The van der Waals surface area contributed by atoms with Crippen LogP contribution in [0.5, 0.6) is 5.75 Å². The van der Waals surface area contributed by atoms with Crippen LogP contribution in [0.3, 0.4) is 0 Å². The molecule has 0 aliphatic carbocycles. The molecule has 0 saturated heterocycles. The fourth-order valence-electron chi connectivity index (χ4n) is 2.18. The van der Waals surface area contributed by atoms with E-state index < -0.39 is 0 Å². The first-order valence-corrected chi connectivity index (χ1v) is 7.36. The van der Waals surface area contributed by atoms with Gasteiger partial charge in [-0.15, -0.1) is 0 Å². The van der Waals surface area contributed by atoms with Gasteiger partial charge in [0.05, 0.1) is 0 Å². The fraction of sp³-hybridized carbons (Fsp3) is 0.333. The average molecular weight is 287 g/mol. The van der Waals surface area contributed by atoms with E-state index in [-0.39, 0.29) is 5.82 Å². The topological polar surface area (TPSA) is 21.3 Å². The molecule has 112 valence electrons. The maximum Gasteiger partial charge on any atom is 0.127 e. The van der Waals surface area contributed by atoms with Gasteiger partial charge in [-0.1, -0.05) is 36.8 Å². The molecule has 2 nitrogen and oxygen atoms in total. The van der Waals surface area contributed by atoms with Crippen LogP contribution in [0.4, 0.5) is 4.39 Å². The molecule has 0 saturated carbocycles. The number of aryl methyl sites for hydroxylation is 1. The number of halogens is 1. The van der Waals surface area contributed by atoms with Crippen LogP contribution in [0.15, 0.2) is 42.5 Å². The van der Waals surface area contributed by atoms with E-state index >= 15 is 0 Å². The first-order valence-electron chi connectivity index (χ1n) is 7.36. The van der Waals surface area contributed by atoms with Crippen molar-refractivity contribution in [3.8, 4) is 5.75 Å². The van der Waals surface area contributed by atoms with Gasteiger partial charge in [0.15, 0.2) is 0 Å². The van der Waals surface area contributed by atoms with Crippen LogP contribution in [0, 0.1) is 12.7 Å². The van der Waals surface area contributed by atoms with Crippen molar-refractivity contribution < 1.29 is 9.13 Å². The summed E-state index contributed by atoms with van der Waals surface area (Å²) in [5.74, 6) is 0.315. The molecule has 2 aromatic rings. The lowest BCUT2D eigenvalue weighted by molar-refractivity contribution is 0.304. The van der Waals surface area contributed by atoms with Gasteiger partial charge in [0.25, 0.3) is 0 Å². The maximum atomic E-state index is 13.6. The van der Waals surface area contributed by atoms with E-state index in [0.29, 0.717) is 18.9 Å². The third-order valence-electron chi connectivity index (χ3n) is 3.17. The van der Waals surface area contributed by atoms with Gasteiger partial charge in [-0.05, 0) is 43.1 Å². The van der Waals surface area contributed by atoms with E-state index in [0.717, 1.165) is 24.1 Å². The molecule has 21 heavy (non-hydrogen) atoms. The molecular formula is C18H22FNO. The largest absolute Gasteiger partial charge is 0.489 e. The van der Waals surface area contributed by atoms with Gasteiger partial charge in [0, 0.05) is 12.6 Å². The molecule has 1 N–H and O–H groups in total. The molecule has 0 amide bonds. The highest BCUT2D eigenvalue weighted by atomic mass is 19.1. The number of hydrogen-bond acceptors (Lipinski definition) is 2. The van der Waals surface area contributed by atoms with Crippen molar-refractivity contribution >= 4 is 0 Å². The Kier molecular flexibility index (Phi) is 5.76. The smallest absolute Gasteiger partial charge is 0.127 e. The SMILES string of the molecule is CCCNCc1cc(F)cc(OCc2cccc(C)c2)c1. The normalized spacial score (nSPS) is 10.6. The van der Waals surface area contributed by atoms with Crippen LogP contribution >= 0.6 is 0 Å². The number of ether oxygens (including phenoxy) is 1. The van der Waals surface area contributed by atoms with E-state index in [4.69, 9.17) is 4.74 Å². The zero-order valence-corrected chi connectivity index (χ0v) is 12.7. The summed E-state index contributed by atoms with van der Waals surface area (Å²) >= 11 is 0. The van der Waals surface area contributed by atoms with Crippen molar-refractivity contribution in [2.45, 2.75) is 33.4 Å². The Morgan fingerprint density at radius 2 is 1.95 bits per heavy atom. The summed E-state index contributed by atoms with van der Waals surface area (Å²) in [5.41, 5.74) is 3.19.